The van der Waals surface area contributed by atoms with Crippen LogP contribution in [-0.2, 0) is 20.2 Å². The van der Waals surface area contributed by atoms with E-state index in [-0.39, 0.29) is 0 Å². The second kappa shape index (κ2) is 4.26. The highest BCUT2D eigenvalue weighted by atomic mass is 79.9. The Morgan fingerprint density at radius 1 is 1.56 bits per heavy atom. The molecule has 16 heavy (non-hydrogen) atoms. The maximum absolute atomic E-state index is 12.5. The number of rotatable bonds is 2. The van der Waals surface area contributed by atoms with Crippen LogP contribution in [0.3, 0.4) is 0 Å². The van der Waals surface area contributed by atoms with Gasteiger partial charge in [-0.15, -0.1) is 0 Å². The molecule has 0 fully saturated rings. The molecule has 1 atom stereocenters. The lowest BCUT2D eigenvalue weighted by molar-refractivity contribution is 0.225. The van der Waals surface area contributed by atoms with Crippen LogP contribution < -0.4 is 5.30 Å². The van der Waals surface area contributed by atoms with Crippen LogP contribution >= 0.6 is 23.5 Å². The van der Waals surface area contributed by atoms with Gasteiger partial charge in [-0.2, -0.15) is 0 Å². The predicted molar refractivity (Wildman–Crippen MR) is 67.3 cm³/mol. The standard InChI is InChI=1S/C11H14BrO3P/c1-4-14-16(13)11-8(3)10(12)7(2)5-9(11)6-15-16/h5H,4,6H2,1-3H3. The Bertz CT molecular complexity index is 485. The third-order valence-corrected chi connectivity index (χ3v) is 6.15. The summed E-state index contributed by atoms with van der Waals surface area (Å²) in [7, 11) is -3.07. The lowest BCUT2D eigenvalue weighted by Crippen LogP contribution is -2.12. The molecular formula is C11H14BrO3P. The van der Waals surface area contributed by atoms with Gasteiger partial charge in [-0.05, 0) is 37.5 Å². The molecule has 3 nitrogen and oxygen atoms in total. The van der Waals surface area contributed by atoms with E-state index in [0.29, 0.717) is 13.2 Å². The Kier molecular flexibility index (Phi) is 3.28. The summed E-state index contributed by atoms with van der Waals surface area (Å²) in [5, 5.41) is 0.742. The molecule has 0 aromatic heterocycles. The fourth-order valence-corrected chi connectivity index (χ4v) is 4.47. The molecule has 0 aliphatic carbocycles. The Labute approximate surface area is 104 Å². The summed E-state index contributed by atoms with van der Waals surface area (Å²) in [6, 6.07) is 2.01. The lowest BCUT2D eigenvalue weighted by atomic mass is 10.1. The van der Waals surface area contributed by atoms with Gasteiger partial charge in [0.1, 0.15) is 0 Å². The summed E-state index contributed by atoms with van der Waals surface area (Å²) in [6.07, 6.45) is 0. The van der Waals surface area contributed by atoms with Gasteiger partial charge in [0, 0.05) is 4.47 Å². The largest absolute Gasteiger partial charge is 0.362 e. The third kappa shape index (κ3) is 1.78. The van der Waals surface area contributed by atoms with Crippen molar-refractivity contribution in [3.63, 3.8) is 0 Å². The summed E-state index contributed by atoms with van der Waals surface area (Å²) in [4.78, 5) is 0. The zero-order valence-corrected chi connectivity index (χ0v) is 12.0. The van der Waals surface area contributed by atoms with Crippen LogP contribution in [0.2, 0.25) is 0 Å². The molecule has 0 radical (unpaired) electrons. The molecule has 0 amide bonds. The molecule has 1 aromatic rings. The van der Waals surface area contributed by atoms with Crippen molar-refractivity contribution in [3.8, 4) is 0 Å². The average molecular weight is 305 g/mol. The van der Waals surface area contributed by atoms with Crippen LogP contribution in [0.5, 0.6) is 0 Å². The van der Waals surface area contributed by atoms with Crippen molar-refractivity contribution < 1.29 is 13.6 Å². The summed E-state index contributed by atoms with van der Waals surface area (Å²) < 4.78 is 24.1. The Hall–Kier alpha value is -0.150. The maximum atomic E-state index is 12.5. The molecule has 1 aliphatic heterocycles. The number of hydrogen-bond donors (Lipinski definition) is 0. The minimum Gasteiger partial charge on any atom is -0.305 e. The van der Waals surface area contributed by atoms with Crippen molar-refractivity contribution in [2.24, 2.45) is 0 Å². The average Bonchev–Trinajstić information content (AvgIpc) is 2.53. The first-order chi connectivity index (χ1) is 7.49. The van der Waals surface area contributed by atoms with Gasteiger partial charge in [0.05, 0.1) is 18.5 Å². The molecule has 88 valence electrons. The molecule has 0 bridgehead atoms. The molecular weight excluding hydrogens is 291 g/mol. The molecule has 0 N–H and O–H groups in total. The van der Waals surface area contributed by atoms with E-state index in [1.54, 1.807) is 0 Å². The molecule has 1 aliphatic rings. The van der Waals surface area contributed by atoms with Crippen LogP contribution in [-0.4, -0.2) is 6.61 Å². The number of aryl methyl sites for hydroxylation is 1. The zero-order chi connectivity index (χ0) is 11.9. The molecule has 0 saturated carbocycles. The van der Waals surface area contributed by atoms with Crippen LogP contribution in [0.15, 0.2) is 10.5 Å². The van der Waals surface area contributed by atoms with Crippen LogP contribution in [0, 0.1) is 13.8 Å². The van der Waals surface area contributed by atoms with Crippen LogP contribution in [0.1, 0.15) is 23.6 Å². The van der Waals surface area contributed by atoms with E-state index in [9.17, 15) is 4.57 Å². The van der Waals surface area contributed by atoms with Crippen molar-refractivity contribution in [2.75, 3.05) is 6.61 Å². The number of fused-ring (bicyclic) bond motifs is 1. The Balaban J connectivity index is 2.63. The molecule has 0 spiro atoms. The number of benzene rings is 1. The van der Waals surface area contributed by atoms with Crippen molar-refractivity contribution in [1.82, 2.24) is 0 Å². The fourth-order valence-electron chi connectivity index (χ4n) is 2.02. The molecule has 2 rings (SSSR count). The van der Waals surface area contributed by atoms with E-state index >= 15 is 0 Å². The maximum Gasteiger partial charge on any atom is 0.362 e. The van der Waals surface area contributed by atoms with Crippen LogP contribution in [0.4, 0.5) is 0 Å². The van der Waals surface area contributed by atoms with Gasteiger partial charge in [0.2, 0.25) is 0 Å². The predicted octanol–water partition coefficient (Wildman–Crippen LogP) is 3.45. The van der Waals surface area contributed by atoms with Gasteiger partial charge in [-0.1, -0.05) is 22.0 Å². The summed E-state index contributed by atoms with van der Waals surface area (Å²) >= 11 is 3.50. The first-order valence-electron chi connectivity index (χ1n) is 5.18. The molecule has 1 unspecified atom stereocenters. The molecule has 5 heteroatoms. The van der Waals surface area contributed by atoms with Gasteiger partial charge < -0.3 is 9.05 Å². The van der Waals surface area contributed by atoms with E-state index in [1.165, 1.54) is 0 Å². The minimum absolute atomic E-state index is 0.377. The Morgan fingerprint density at radius 2 is 2.25 bits per heavy atom. The van der Waals surface area contributed by atoms with Crippen molar-refractivity contribution >= 4 is 28.8 Å². The van der Waals surface area contributed by atoms with Gasteiger partial charge in [-0.25, -0.2) is 0 Å². The van der Waals surface area contributed by atoms with Crippen LogP contribution in [0.25, 0.3) is 0 Å². The highest BCUT2D eigenvalue weighted by Crippen LogP contribution is 2.54. The fraction of sp³-hybridized carbons (Fsp3) is 0.455. The van der Waals surface area contributed by atoms with Gasteiger partial charge in [0.25, 0.3) is 0 Å². The molecule has 0 saturated heterocycles. The summed E-state index contributed by atoms with van der Waals surface area (Å²) in [5.74, 6) is 0. The van der Waals surface area contributed by atoms with Gasteiger partial charge >= 0.3 is 7.60 Å². The number of hydrogen-bond acceptors (Lipinski definition) is 3. The lowest BCUT2D eigenvalue weighted by Gasteiger charge is -2.14. The quantitative estimate of drug-likeness (QED) is 0.785. The zero-order valence-electron chi connectivity index (χ0n) is 9.54. The van der Waals surface area contributed by atoms with Crippen molar-refractivity contribution in [1.29, 1.82) is 0 Å². The van der Waals surface area contributed by atoms with E-state index < -0.39 is 7.60 Å². The van der Waals surface area contributed by atoms with Crippen molar-refractivity contribution in [2.45, 2.75) is 27.4 Å². The highest BCUT2D eigenvalue weighted by Gasteiger charge is 2.38. The Morgan fingerprint density at radius 3 is 2.88 bits per heavy atom. The SMILES string of the molecule is CCOP1(=O)OCc2cc(C)c(Br)c(C)c21. The highest BCUT2D eigenvalue weighted by molar-refractivity contribution is 9.10. The first-order valence-corrected chi connectivity index (χ1v) is 7.51. The van der Waals surface area contributed by atoms with E-state index in [4.69, 9.17) is 9.05 Å². The molecule has 1 aromatic carbocycles. The third-order valence-electron chi connectivity index (χ3n) is 2.69. The first kappa shape index (κ1) is 12.3. The van der Waals surface area contributed by atoms with Crippen molar-refractivity contribution in [3.05, 3.63) is 27.2 Å². The molecule has 1 heterocycles. The second-order valence-electron chi connectivity index (χ2n) is 3.83. The summed E-state index contributed by atoms with van der Waals surface area (Å²) in [6.45, 7) is 6.54. The normalized spacial score (nSPS) is 23.5. The summed E-state index contributed by atoms with van der Waals surface area (Å²) in [5.41, 5.74) is 3.07. The monoisotopic (exact) mass is 304 g/mol. The van der Waals surface area contributed by atoms with E-state index in [2.05, 4.69) is 15.9 Å². The minimum atomic E-state index is -3.07. The number of halogens is 1. The smallest absolute Gasteiger partial charge is 0.305 e. The van der Waals surface area contributed by atoms with E-state index in [1.807, 2.05) is 26.8 Å². The van der Waals surface area contributed by atoms with E-state index in [0.717, 1.165) is 26.5 Å². The topological polar surface area (TPSA) is 35.5 Å². The van der Waals surface area contributed by atoms with Gasteiger partial charge in [-0.3, -0.25) is 4.57 Å². The second-order valence-corrected chi connectivity index (χ2v) is 6.58. The van der Waals surface area contributed by atoms with Gasteiger partial charge in [0.15, 0.2) is 0 Å².